The predicted octanol–water partition coefficient (Wildman–Crippen LogP) is 1.41. The zero-order chi connectivity index (χ0) is 12.1. The van der Waals surface area contributed by atoms with Crippen LogP contribution in [0.25, 0.3) is 0 Å². The molecule has 18 heavy (non-hydrogen) atoms. The quantitative estimate of drug-likeness (QED) is 0.750. The van der Waals surface area contributed by atoms with Gasteiger partial charge < -0.3 is 10.6 Å². The molecule has 1 fully saturated rings. The van der Waals surface area contributed by atoms with Gasteiger partial charge in [0.1, 0.15) is 0 Å². The van der Waals surface area contributed by atoms with Crippen molar-refractivity contribution in [2.24, 2.45) is 0 Å². The standard InChI is InChI=1S/C11H16IN3OS.ClH/c12-10-7-9(8-17-10)11(16)14-3-6-15-4-1-13-2-5-15;/h7-8,13H,1-6H2,(H,14,16);1H. The number of nitrogens with one attached hydrogen (secondary N) is 2. The monoisotopic (exact) mass is 401 g/mol. The molecule has 0 aliphatic carbocycles. The molecule has 2 heterocycles. The second kappa shape index (κ2) is 8.31. The van der Waals surface area contributed by atoms with E-state index in [2.05, 4.69) is 38.1 Å². The highest BCUT2D eigenvalue weighted by Crippen LogP contribution is 2.16. The highest BCUT2D eigenvalue weighted by atomic mass is 127. The summed E-state index contributed by atoms with van der Waals surface area (Å²) < 4.78 is 1.15. The third-order valence-electron chi connectivity index (χ3n) is 2.75. The molecular weight excluding hydrogens is 385 g/mol. The van der Waals surface area contributed by atoms with Gasteiger partial charge in [-0.3, -0.25) is 9.69 Å². The fourth-order valence-corrected chi connectivity index (χ4v) is 3.12. The minimum atomic E-state index is 0. The highest BCUT2D eigenvalue weighted by Gasteiger charge is 2.10. The second-order valence-corrected chi connectivity index (χ2v) is 6.79. The Balaban J connectivity index is 0.00000162. The Bertz CT molecular complexity index is 382. The zero-order valence-electron chi connectivity index (χ0n) is 9.95. The predicted molar refractivity (Wildman–Crippen MR) is 85.9 cm³/mol. The van der Waals surface area contributed by atoms with Crippen LogP contribution in [-0.4, -0.2) is 50.1 Å². The summed E-state index contributed by atoms with van der Waals surface area (Å²) in [5.74, 6) is 0.0410. The molecule has 102 valence electrons. The lowest BCUT2D eigenvalue weighted by Gasteiger charge is -2.27. The molecule has 1 aromatic heterocycles. The molecule has 1 amide bonds. The minimum Gasteiger partial charge on any atom is -0.351 e. The molecular formula is C11H17ClIN3OS. The van der Waals surface area contributed by atoms with Crippen LogP contribution in [0, 0.1) is 2.88 Å². The molecule has 0 atom stereocenters. The minimum absolute atomic E-state index is 0. The first-order chi connectivity index (χ1) is 8.25. The number of hydrogen-bond acceptors (Lipinski definition) is 4. The first-order valence-corrected chi connectivity index (χ1v) is 7.67. The SMILES string of the molecule is Cl.O=C(NCCN1CCNCC1)c1csc(I)c1. The average Bonchev–Trinajstić information content (AvgIpc) is 2.77. The Morgan fingerprint density at radius 1 is 1.50 bits per heavy atom. The summed E-state index contributed by atoms with van der Waals surface area (Å²) in [5, 5.41) is 8.18. The molecule has 1 aliphatic heterocycles. The van der Waals surface area contributed by atoms with Crippen LogP contribution in [0.15, 0.2) is 11.4 Å². The van der Waals surface area contributed by atoms with Gasteiger partial charge in [0.25, 0.3) is 5.91 Å². The lowest BCUT2D eigenvalue weighted by molar-refractivity contribution is 0.0947. The molecule has 0 bridgehead atoms. The number of hydrogen-bond donors (Lipinski definition) is 2. The number of carbonyl (C=O) groups is 1. The van der Waals surface area contributed by atoms with Crippen molar-refractivity contribution in [3.8, 4) is 0 Å². The van der Waals surface area contributed by atoms with Crippen LogP contribution in [0.5, 0.6) is 0 Å². The molecule has 0 unspecified atom stereocenters. The van der Waals surface area contributed by atoms with E-state index in [1.165, 1.54) is 0 Å². The van der Waals surface area contributed by atoms with E-state index in [1.54, 1.807) is 11.3 Å². The van der Waals surface area contributed by atoms with Crippen molar-refractivity contribution >= 4 is 52.2 Å². The van der Waals surface area contributed by atoms with Gasteiger partial charge in [0.05, 0.1) is 8.45 Å². The smallest absolute Gasteiger partial charge is 0.252 e. The largest absolute Gasteiger partial charge is 0.351 e. The third kappa shape index (κ3) is 5.00. The van der Waals surface area contributed by atoms with E-state index in [9.17, 15) is 4.79 Å². The first-order valence-electron chi connectivity index (χ1n) is 5.71. The summed E-state index contributed by atoms with van der Waals surface area (Å²) in [6.45, 7) is 5.92. The number of nitrogens with zero attached hydrogens (tertiary/aromatic N) is 1. The Labute approximate surface area is 131 Å². The molecule has 4 nitrogen and oxygen atoms in total. The Morgan fingerprint density at radius 2 is 2.22 bits per heavy atom. The van der Waals surface area contributed by atoms with Crippen LogP contribution >= 0.6 is 46.3 Å². The first kappa shape index (κ1) is 16.2. The van der Waals surface area contributed by atoms with Crippen LogP contribution in [0.4, 0.5) is 0 Å². The van der Waals surface area contributed by atoms with E-state index in [0.717, 1.165) is 47.7 Å². The molecule has 0 radical (unpaired) electrons. The summed E-state index contributed by atoms with van der Waals surface area (Å²) in [4.78, 5) is 14.1. The molecule has 0 saturated carbocycles. The fourth-order valence-electron chi connectivity index (χ4n) is 1.79. The van der Waals surface area contributed by atoms with E-state index in [4.69, 9.17) is 0 Å². The van der Waals surface area contributed by atoms with Crippen molar-refractivity contribution < 1.29 is 4.79 Å². The topological polar surface area (TPSA) is 44.4 Å². The molecule has 2 rings (SSSR count). The lowest BCUT2D eigenvalue weighted by Crippen LogP contribution is -2.46. The van der Waals surface area contributed by atoms with Gasteiger partial charge >= 0.3 is 0 Å². The van der Waals surface area contributed by atoms with Crippen LogP contribution < -0.4 is 10.6 Å². The van der Waals surface area contributed by atoms with Gasteiger partial charge in [-0.15, -0.1) is 23.7 Å². The van der Waals surface area contributed by atoms with Gasteiger partial charge in [-0.05, 0) is 28.7 Å². The number of rotatable bonds is 4. The van der Waals surface area contributed by atoms with E-state index < -0.39 is 0 Å². The normalized spacial score (nSPS) is 16.1. The van der Waals surface area contributed by atoms with Crippen LogP contribution in [-0.2, 0) is 0 Å². The lowest BCUT2D eigenvalue weighted by atomic mass is 10.3. The molecule has 1 aliphatic rings. The van der Waals surface area contributed by atoms with E-state index in [-0.39, 0.29) is 18.3 Å². The average molecular weight is 402 g/mol. The Kier molecular flexibility index (Phi) is 7.47. The van der Waals surface area contributed by atoms with Gasteiger partial charge in [-0.25, -0.2) is 0 Å². The maximum absolute atomic E-state index is 11.8. The number of halogens is 2. The van der Waals surface area contributed by atoms with Gasteiger partial charge in [0.2, 0.25) is 0 Å². The molecule has 1 saturated heterocycles. The number of thiophene rings is 1. The summed E-state index contributed by atoms with van der Waals surface area (Å²) in [6, 6.07) is 1.92. The Morgan fingerprint density at radius 3 is 2.83 bits per heavy atom. The van der Waals surface area contributed by atoms with Gasteiger partial charge in [-0.2, -0.15) is 0 Å². The molecule has 1 aromatic rings. The zero-order valence-corrected chi connectivity index (χ0v) is 13.7. The second-order valence-electron chi connectivity index (χ2n) is 3.99. The van der Waals surface area contributed by atoms with Gasteiger partial charge in [0.15, 0.2) is 0 Å². The number of amides is 1. The summed E-state index contributed by atoms with van der Waals surface area (Å²) in [6.07, 6.45) is 0. The Hall–Kier alpha value is 0.110. The molecule has 7 heteroatoms. The summed E-state index contributed by atoms with van der Waals surface area (Å²) in [5.41, 5.74) is 0.778. The fraction of sp³-hybridized carbons (Fsp3) is 0.545. The van der Waals surface area contributed by atoms with Crippen molar-refractivity contribution in [2.45, 2.75) is 0 Å². The van der Waals surface area contributed by atoms with Crippen LogP contribution in [0.2, 0.25) is 0 Å². The van der Waals surface area contributed by atoms with Crippen LogP contribution in [0.3, 0.4) is 0 Å². The summed E-state index contributed by atoms with van der Waals surface area (Å²) in [7, 11) is 0. The maximum Gasteiger partial charge on any atom is 0.252 e. The molecule has 2 N–H and O–H groups in total. The van der Waals surface area contributed by atoms with E-state index in [0.29, 0.717) is 0 Å². The maximum atomic E-state index is 11.8. The third-order valence-corrected chi connectivity index (χ3v) is 4.54. The van der Waals surface area contributed by atoms with E-state index in [1.807, 2.05) is 11.4 Å². The van der Waals surface area contributed by atoms with Crippen molar-refractivity contribution in [3.63, 3.8) is 0 Å². The molecule has 0 spiro atoms. The van der Waals surface area contributed by atoms with Crippen molar-refractivity contribution in [3.05, 3.63) is 19.9 Å². The van der Waals surface area contributed by atoms with Crippen molar-refractivity contribution in [1.29, 1.82) is 0 Å². The molecule has 0 aromatic carbocycles. The number of carbonyl (C=O) groups excluding carboxylic acids is 1. The van der Waals surface area contributed by atoms with Gasteiger partial charge in [0, 0.05) is 44.6 Å². The summed E-state index contributed by atoms with van der Waals surface area (Å²) >= 11 is 3.83. The van der Waals surface area contributed by atoms with Crippen molar-refractivity contribution in [1.82, 2.24) is 15.5 Å². The van der Waals surface area contributed by atoms with Crippen LogP contribution in [0.1, 0.15) is 10.4 Å². The van der Waals surface area contributed by atoms with Crippen molar-refractivity contribution in [2.75, 3.05) is 39.3 Å². The van der Waals surface area contributed by atoms with E-state index >= 15 is 0 Å². The number of piperazine rings is 1. The van der Waals surface area contributed by atoms with Gasteiger partial charge in [-0.1, -0.05) is 0 Å². The highest BCUT2D eigenvalue weighted by molar-refractivity contribution is 14.1.